The van der Waals surface area contributed by atoms with Gasteiger partial charge in [-0.15, -0.1) is 0 Å². The van der Waals surface area contributed by atoms with Gasteiger partial charge in [0.2, 0.25) is 0 Å². The maximum Gasteiger partial charge on any atom is 0.110 e. The van der Waals surface area contributed by atoms with Crippen LogP contribution in [-0.2, 0) is 0 Å². The summed E-state index contributed by atoms with van der Waals surface area (Å²) in [5.74, 6) is 0.521. The van der Waals surface area contributed by atoms with E-state index in [1.54, 1.807) is 0 Å². The van der Waals surface area contributed by atoms with Gasteiger partial charge in [0.15, 0.2) is 0 Å². The Hall–Kier alpha value is -3.84. The Morgan fingerprint density at radius 3 is 1.03 bits per heavy atom. The van der Waals surface area contributed by atoms with Crippen LogP contribution in [0.1, 0.15) is 18.3 Å². The Morgan fingerprint density at radius 2 is 0.727 bits per heavy atom. The second-order valence-corrected chi connectivity index (χ2v) is 8.82. The summed E-state index contributed by atoms with van der Waals surface area (Å²) in [7, 11) is 2.24. The number of benzene rings is 5. The molecule has 1 atom stereocenters. The summed E-state index contributed by atoms with van der Waals surface area (Å²) in [5.41, 5.74) is 11.3. The van der Waals surface area contributed by atoms with E-state index in [9.17, 15) is 0 Å². The maximum atomic E-state index is 2.38. The molecule has 33 heavy (non-hydrogen) atoms. The van der Waals surface area contributed by atoms with Crippen molar-refractivity contribution in [2.45, 2.75) is 12.7 Å². The van der Waals surface area contributed by atoms with E-state index >= 15 is 0 Å². The molecule has 0 aliphatic rings. The minimum atomic E-state index is 0.521. The predicted octanol–water partition coefficient (Wildman–Crippen LogP) is 8.05. The fraction of sp³-hybridized carbons (Fsp3) is 0.0625. The molecule has 0 nitrogen and oxygen atoms in total. The van der Waals surface area contributed by atoms with Crippen LogP contribution in [-0.4, -0.2) is 7.85 Å². The number of rotatable bonds is 5. The zero-order chi connectivity index (χ0) is 22.6. The first-order valence-electron chi connectivity index (χ1n) is 11.7. The molecule has 0 aromatic heterocycles. The van der Waals surface area contributed by atoms with Crippen LogP contribution < -0.4 is 0 Å². The summed E-state index contributed by atoms with van der Waals surface area (Å²) in [5, 5.41) is 0. The molecule has 0 spiro atoms. The molecule has 0 heterocycles. The highest BCUT2D eigenvalue weighted by molar-refractivity contribution is 6.12. The Bertz CT molecular complexity index is 1340. The van der Waals surface area contributed by atoms with E-state index in [0.29, 0.717) is 5.82 Å². The minimum absolute atomic E-state index is 0.521. The average molecular weight is 422 g/mol. The lowest BCUT2D eigenvalue weighted by molar-refractivity contribution is 1.08. The van der Waals surface area contributed by atoms with Gasteiger partial charge in [-0.1, -0.05) is 128 Å². The van der Waals surface area contributed by atoms with Gasteiger partial charge in [-0.25, -0.2) is 0 Å². The SMILES string of the molecule is B[C@H](C)c1ccc(-c2cc(-c3ccccc3)c(-c3ccccc3)cc2-c2ccccc2)cc1. The molecule has 0 bridgehead atoms. The molecule has 0 fully saturated rings. The quantitative estimate of drug-likeness (QED) is 0.251. The molecule has 0 radical (unpaired) electrons. The third kappa shape index (κ3) is 4.40. The molecular weight excluding hydrogens is 395 g/mol. The topological polar surface area (TPSA) is 0 Å². The lowest BCUT2D eigenvalue weighted by Gasteiger charge is -2.18. The normalized spacial score (nSPS) is 11.8. The van der Waals surface area contributed by atoms with Gasteiger partial charge in [0.25, 0.3) is 0 Å². The van der Waals surface area contributed by atoms with Crippen LogP contribution in [0.2, 0.25) is 0 Å². The van der Waals surface area contributed by atoms with E-state index in [2.05, 4.69) is 142 Å². The zero-order valence-corrected chi connectivity index (χ0v) is 19.2. The van der Waals surface area contributed by atoms with E-state index in [0.717, 1.165) is 0 Å². The lowest BCUT2D eigenvalue weighted by Crippen LogP contribution is -1.94. The van der Waals surface area contributed by atoms with Crippen molar-refractivity contribution in [1.29, 1.82) is 0 Å². The summed E-state index contributed by atoms with van der Waals surface area (Å²) in [6, 6.07) is 46.0. The van der Waals surface area contributed by atoms with Crippen LogP contribution in [0.5, 0.6) is 0 Å². The van der Waals surface area contributed by atoms with Crippen molar-refractivity contribution in [2.75, 3.05) is 0 Å². The summed E-state index contributed by atoms with van der Waals surface area (Å²) in [6.07, 6.45) is 0. The Morgan fingerprint density at radius 1 is 0.424 bits per heavy atom. The highest BCUT2D eigenvalue weighted by Gasteiger charge is 2.16. The lowest BCUT2D eigenvalue weighted by atomic mass is 9.81. The Balaban J connectivity index is 1.80. The summed E-state index contributed by atoms with van der Waals surface area (Å²) in [6.45, 7) is 2.24. The molecule has 0 unspecified atom stereocenters. The fourth-order valence-corrected chi connectivity index (χ4v) is 4.46. The minimum Gasteiger partial charge on any atom is -0.0658 e. The number of hydrogen-bond acceptors (Lipinski definition) is 0. The molecule has 1 heteroatoms. The predicted molar refractivity (Wildman–Crippen MR) is 145 cm³/mol. The first-order chi connectivity index (χ1) is 16.2. The van der Waals surface area contributed by atoms with Crippen molar-refractivity contribution in [1.82, 2.24) is 0 Å². The summed E-state index contributed by atoms with van der Waals surface area (Å²) in [4.78, 5) is 0. The summed E-state index contributed by atoms with van der Waals surface area (Å²) >= 11 is 0. The molecule has 0 aliphatic carbocycles. The Kier molecular flexibility index (Phi) is 5.96. The highest BCUT2D eigenvalue weighted by atomic mass is 14.2. The van der Waals surface area contributed by atoms with Crippen molar-refractivity contribution in [3.8, 4) is 44.5 Å². The molecule has 5 aromatic rings. The van der Waals surface area contributed by atoms with Crippen LogP contribution in [0, 0.1) is 0 Å². The monoisotopic (exact) mass is 422 g/mol. The van der Waals surface area contributed by atoms with E-state index in [4.69, 9.17) is 0 Å². The maximum absolute atomic E-state index is 2.38. The standard InChI is InChI=1S/C32H27B/c1-23(33)24-17-19-28(20-18-24)32-22-30(26-13-7-3-8-14-26)29(25-11-5-2-6-12-25)21-31(32)27-15-9-4-10-16-27/h2-23H,33H2,1H3/t23-/m1/s1. The molecule has 0 N–H and O–H groups in total. The fourth-order valence-electron chi connectivity index (χ4n) is 4.46. The van der Waals surface area contributed by atoms with Gasteiger partial charge in [-0.2, -0.15) is 0 Å². The van der Waals surface area contributed by atoms with E-state index in [1.807, 2.05) is 0 Å². The highest BCUT2D eigenvalue weighted by Crippen LogP contribution is 2.42. The molecule has 5 aromatic carbocycles. The van der Waals surface area contributed by atoms with Crippen LogP contribution >= 0.6 is 0 Å². The summed E-state index contributed by atoms with van der Waals surface area (Å²) < 4.78 is 0. The molecule has 0 saturated carbocycles. The van der Waals surface area contributed by atoms with Crippen LogP contribution in [0.15, 0.2) is 127 Å². The molecular formula is C32H27B. The van der Waals surface area contributed by atoms with Crippen molar-refractivity contribution in [3.05, 3.63) is 133 Å². The van der Waals surface area contributed by atoms with Gasteiger partial charge in [0, 0.05) is 0 Å². The van der Waals surface area contributed by atoms with Crippen molar-refractivity contribution in [3.63, 3.8) is 0 Å². The van der Waals surface area contributed by atoms with E-state index in [1.165, 1.54) is 50.1 Å². The first kappa shape index (κ1) is 21.0. The van der Waals surface area contributed by atoms with Crippen molar-refractivity contribution >= 4 is 7.85 Å². The number of hydrogen-bond donors (Lipinski definition) is 0. The van der Waals surface area contributed by atoms with E-state index in [-0.39, 0.29) is 0 Å². The third-order valence-corrected chi connectivity index (χ3v) is 6.30. The largest absolute Gasteiger partial charge is 0.110 e. The molecule has 0 amide bonds. The van der Waals surface area contributed by atoms with Crippen LogP contribution in [0.4, 0.5) is 0 Å². The first-order valence-corrected chi connectivity index (χ1v) is 11.7. The zero-order valence-electron chi connectivity index (χ0n) is 19.2. The molecule has 5 rings (SSSR count). The van der Waals surface area contributed by atoms with E-state index < -0.39 is 0 Å². The van der Waals surface area contributed by atoms with Crippen molar-refractivity contribution < 1.29 is 0 Å². The average Bonchev–Trinajstić information content (AvgIpc) is 2.89. The van der Waals surface area contributed by atoms with Crippen LogP contribution in [0.25, 0.3) is 44.5 Å². The Labute approximate surface area is 198 Å². The van der Waals surface area contributed by atoms with Crippen LogP contribution in [0.3, 0.4) is 0 Å². The second kappa shape index (κ2) is 9.34. The third-order valence-electron chi connectivity index (χ3n) is 6.30. The van der Waals surface area contributed by atoms with Gasteiger partial charge in [0.1, 0.15) is 7.85 Å². The van der Waals surface area contributed by atoms with Gasteiger partial charge >= 0.3 is 0 Å². The second-order valence-electron chi connectivity index (χ2n) is 8.82. The molecule has 158 valence electrons. The van der Waals surface area contributed by atoms with Gasteiger partial charge in [0.05, 0.1) is 0 Å². The molecule has 0 aliphatic heterocycles. The van der Waals surface area contributed by atoms with Gasteiger partial charge in [-0.05, 0) is 62.5 Å². The smallest absolute Gasteiger partial charge is 0.0658 e. The van der Waals surface area contributed by atoms with Gasteiger partial charge < -0.3 is 0 Å². The van der Waals surface area contributed by atoms with Gasteiger partial charge in [-0.3, -0.25) is 0 Å². The van der Waals surface area contributed by atoms with Crippen molar-refractivity contribution in [2.24, 2.45) is 0 Å². The molecule has 0 saturated heterocycles.